The summed E-state index contributed by atoms with van der Waals surface area (Å²) in [5.74, 6) is -0.183. The number of nitrogens with one attached hydrogen (secondary N) is 2. The standard InChI is InChI=1S/C22H24N2O3/c1-22(2,11-9-20(25)23-3)24-21(26)18-6-4-5-15(14-18)16-7-8-19-17(13-16)10-12-27-19/h4-8,10,12-14H,9,11H2,1-3H3,(H,23,25)(H,24,26). The van der Waals surface area contributed by atoms with E-state index in [-0.39, 0.29) is 11.8 Å². The van der Waals surface area contributed by atoms with Crippen LogP contribution < -0.4 is 10.6 Å². The first-order chi connectivity index (χ1) is 12.9. The largest absolute Gasteiger partial charge is 0.464 e. The molecule has 0 bridgehead atoms. The average Bonchev–Trinajstić information content (AvgIpc) is 3.13. The molecule has 5 heteroatoms. The number of benzene rings is 2. The van der Waals surface area contributed by atoms with E-state index in [0.717, 1.165) is 22.1 Å². The first-order valence-corrected chi connectivity index (χ1v) is 8.99. The summed E-state index contributed by atoms with van der Waals surface area (Å²) >= 11 is 0. The molecule has 0 atom stereocenters. The van der Waals surface area contributed by atoms with Crippen LogP contribution in [0.4, 0.5) is 0 Å². The van der Waals surface area contributed by atoms with Gasteiger partial charge in [0.15, 0.2) is 0 Å². The maximum Gasteiger partial charge on any atom is 0.251 e. The number of hydrogen-bond acceptors (Lipinski definition) is 3. The third kappa shape index (κ3) is 4.56. The third-order valence-electron chi connectivity index (χ3n) is 4.62. The van der Waals surface area contributed by atoms with Crippen LogP contribution in [0.2, 0.25) is 0 Å². The fourth-order valence-corrected chi connectivity index (χ4v) is 2.98. The number of furan rings is 1. The fourth-order valence-electron chi connectivity index (χ4n) is 2.98. The van der Waals surface area contributed by atoms with Crippen molar-refractivity contribution < 1.29 is 14.0 Å². The monoisotopic (exact) mass is 364 g/mol. The van der Waals surface area contributed by atoms with Crippen molar-refractivity contribution in [1.29, 1.82) is 0 Å². The van der Waals surface area contributed by atoms with Gasteiger partial charge in [-0.2, -0.15) is 0 Å². The van der Waals surface area contributed by atoms with Crippen molar-refractivity contribution in [3.8, 4) is 11.1 Å². The van der Waals surface area contributed by atoms with Crippen molar-refractivity contribution in [2.75, 3.05) is 7.05 Å². The predicted molar refractivity (Wildman–Crippen MR) is 106 cm³/mol. The Hall–Kier alpha value is -3.08. The summed E-state index contributed by atoms with van der Waals surface area (Å²) in [5.41, 5.74) is 2.94. The minimum absolute atomic E-state index is 0.0334. The van der Waals surface area contributed by atoms with Crippen molar-refractivity contribution >= 4 is 22.8 Å². The summed E-state index contributed by atoms with van der Waals surface area (Å²) in [4.78, 5) is 24.2. The molecule has 0 radical (unpaired) electrons. The van der Waals surface area contributed by atoms with Crippen LogP contribution in [0.15, 0.2) is 59.2 Å². The summed E-state index contributed by atoms with van der Waals surface area (Å²) in [5, 5.41) is 6.65. The van der Waals surface area contributed by atoms with E-state index in [1.54, 1.807) is 19.4 Å². The number of fused-ring (bicyclic) bond motifs is 1. The van der Waals surface area contributed by atoms with E-state index >= 15 is 0 Å². The SMILES string of the molecule is CNC(=O)CCC(C)(C)NC(=O)c1cccc(-c2ccc3occc3c2)c1. The second kappa shape index (κ2) is 7.66. The van der Waals surface area contributed by atoms with Gasteiger partial charge in [-0.3, -0.25) is 9.59 Å². The predicted octanol–water partition coefficient (Wildman–Crippen LogP) is 4.13. The van der Waals surface area contributed by atoms with Gasteiger partial charge >= 0.3 is 0 Å². The molecule has 0 saturated heterocycles. The molecule has 1 aromatic heterocycles. The molecular formula is C22H24N2O3. The molecule has 140 valence electrons. The topological polar surface area (TPSA) is 71.3 Å². The summed E-state index contributed by atoms with van der Waals surface area (Å²) in [6, 6.07) is 15.4. The van der Waals surface area contributed by atoms with Gasteiger partial charge in [0.2, 0.25) is 5.91 Å². The Bertz CT molecular complexity index is 972. The highest BCUT2D eigenvalue weighted by molar-refractivity contribution is 5.96. The van der Waals surface area contributed by atoms with Gasteiger partial charge in [0.25, 0.3) is 5.91 Å². The maximum atomic E-state index is 12.7. The molecule has 3 aromatic rings. The van der Waals surface area contributed by atoms with E-state index in [4.69, 9.17) is 4.42 Å². The highest BCUT2D eigenvalue weighted by Crippen LogP contribution is 2.26. The summed E-state index contributed by atoms with van der Waals surface area (Å²) in [6.07, 6.45) is 2.60. The molecule has 0 aliphatic rings. The Morgan fingerprint density at radius 1 is 1.04 bits per heavy atom. The van der Waals surface area contributed by atoms with Crippen LogP contribution >= 0.6 is 0 Å². The molecule has 2 N–H and O–H groups in total. The van der Waals surface area contributed by atoms with Crippen LogP contribution in [-0.2, 0) is 4.79 Å². The van der Waals surface area contributed by atoms with Gasteiger partial charge in [-0.05, 0) is 61.7 Å². The molecule has 1 heterocycles. The van der Waals surface area contributed by atoms with Crippen LogP contribution in [-0.4, -0.2) is 24.4 Å². The molecule has 2 aromatic carbocycles. The van der Waals surface area contributed by atoms with E-state index in [1.165, 1.54) is 0 Å². The minimum atomic E-state index is -0.477. The average molecular weight is 364 g/mol. The van der Waals surface area contributed by atoms with E-state index in [0.29, 0.717) is 18.4 Å². The Balaban J connectivity index is 1.76. The minimum Gasteiger partial charge on any atom is -0.464 e. The molecule has 0 fully saturated rings. The Kier molecular flexibility index (Phi) is 5.31. The molecule has 5 nitrogen and oxygen atoms in total. The first kappa shape index (κ1) is 18.7. The number of rotatable bonds is 6. The van der Waals surface area contributed by atoms with Crippen molar-refractivity contribution in [3.05, 3.63) is 60.4 Å². The van der Waals surface area contributed by atoms with Gasteiger partial charge in [0, 0.05) is 30.0 Å². The highest BCUT2D eigenvalue weighted by atomic mass is 16.3. The lowest BCUT2D eigenvalue weighted by Gasteiger charge is -2.26. The van der Waals surface area contributed by atoms with E-state index in [9.17, 15) is 9.59 Å². The van der Waals surface area contributed by atoms with Gasteiger partial charge in [-0.25, -0.2) is 0 Å². The zero-order valence-corrected chi connectivity index (χ0v) is 15.8. The van der Waals surface area contributed by atoms with Crippen LogP contribution in [0.25, 0.3) is 22.1 Å². The Morgan fingerprint density at radius 3 is 2.59 bits per heavy atom. The molecule has 3 rings (SSSR count). The highest BCUT2D eigenvalue weighted by Gasteiger charge is 2.22. The second-order valence-electron chi connectivity index (χ2n) is 7.27. The molecule has 0 saturated carbocycles. The van der Waals surface area contributed by atoms with Crippen LogP contribution in [0, 0.1) is 0 Å². The third-order valence-corrected chi connectivity index (χ3v) is 4.62. The van der Waals surface area contributed by atoms with Crippen molar-refractivity contribution in [3.63, 3.8) is 0 Å². The van der Waals surface area contributed by atoms with E-state index in [2.05, 4.69) is 10.6 Å². The summed E-state index contributed by atoms with van der Waals surface area (Å²) in [7, 11) is 1.61. The Morgan fingerprint density at radius 2 is 1.81 bits per heavy atom. The lowest BCUT2D eigenvalue weighted by molar-refractivity contribution is -0.121. The van der Waals surface area contributed by atoms with E-state index < -0.39 is 5.54 Å². The molecular weight excluding hydrogens is 340 g/mol. The van der Waals surface area contributed by atoms with Crippen LogP contribution in [0.1, 0.15) is 37.0 Å². The zero-order chi connectivity index (χ0) is 19.4. The molecule has 27 heavy (non-hydrogen) atoms. The smallest absolute Gasteiger partial charge is 0.251 e. The molecule has 0 aliphatic heterocycles. The molecule has 0 aliphatic carbocycles. The van der Waals surface area contributed by atoms with E-state index in [1.807, 2.05) is 56.3 Å². The van der Waals surface area contributed by atoms with Gasteiger partial charge in [-0.15, -0.1) is 0 Å². The van der Waals surface area contributed by atoms with Crippen LogP contribution in [0.5, 0.6) is 0 Å². The lowest BCUT2D eigenvalue weighted by atomic mass is 9.96. The summed E-state index contributed by atoms with van der Waals surface area (Å²) in [6.45, 7) is 3.84. The number of hydrogen-bond donors (Lipinski definition) is 2. The van der Waals surface area contributed by atoms with Crippen LogP contribution in [0.3, 0.4) is 0 Å². The molecule has 0 unspecified atom stereocenters. The number of amides is 2. The zero-order valence-electron chi connectivity index (χ0n) is 15.8. The van der Waals surface area contributed by atoms with Gasteiger partial charge < -0.3 is 15.1 Å². The van der Waals surface area contributed by atoms with Gasteiger partial charge in [-0.1, -0.05) is 18.2 Å². The first-order valence-electron chi connectivity index (χ1n) is 8.99. The number of carbonyl (C=O) groups excluding carboxylic acids is 2. The van der Waals surface area contributed by atoms with Crippen molar-refractivity contribution in [1.82, 2.24) is 10.6 Å². The fraction of sp³-hybridized carbons (Fsp3) is 0.273. The molecule has 2 amide bonds. The van der Waals surface area contributed by atoms with Gasteiger partial charge in [0.05, 0.1) is 6.26 Å². The quantitative estimate of drug-likeness (QED) is 0.691. The normalized spacial score (nSPS) is 11.4. The number of carbonyl (C=O) groups is 2. The summed E-state index contributed by atoms with van der Waals surface area (Å²) < 4.78 is 5.38. The van der Waals surface area contributed by atoms with Gasteiger partial charge in [0.1, 0.15) is 5.58 Å². The van der Waals surface area contributed by atoms with Crippen molar-refractivity contribution in [2.24, 2.45) is 0 Å². The Labute approximate surface area is 158 Å². The lowest BCUT2D eigenvalue weighted by Crippen LogP contribution is -2.44. The maximum absolute atomic E-state index is 12.7. The van der Waals surface area contributed by atoms with Crippen molar-refractivity contribution in [2.45, 2.75) is 32.2 Å². The molecule has 0 spiro atoms. The second-order valence-corrected chi connectivity index (χ2v) is 7.27.